The lowest BCUT2D eigenvalue weighted by molar-refractivity contribution is 0.482. The molecule has 0 heterocycles. The average molecular weight is 333 g/mol. The lowest BCUT2D eigenvalue weighted by atomic mass is 10.1. The van der Waals surface area contributed by atoms with E-state index in [2.05, 4.69) is 40.2 Å². The number of alkyl halides is 1. The van der Waals surface area contributed by atoms with E-state index >= 15 is 0 Å². The van der Waals surface area contributed by atoms with Crippen molar-refractivity contribution in [1.82, 2.24) is 0 Å². The minimum absolute atomic E-state index is 0.884. The molecule has 0 bridgehead atoms. The van der Waals surface area contributed by atoms with Crippen molar-refractivity contribution < 1.29 is 4.74 Å². The first-order chi connectivity index (χ1) is 9.88. The zero-order valence-corrected chi connectivity index (χ0v) is 13.3. The molecule has 0 aliphatic rings. The molecule has 2 aromatic carbocycles. The summed E-state index contributed by atoms with van der Waals surface area (Å²) in [6, 6.07) is 18.3. The second-order valence-electron chi connectivity index (χ2n) is 4.91. The molecule has 2 rings (SSSR count). The van der Waals surface area contributed by atoms with Gasteiger partial charge in [-0.05, 0) is 49.1 Å². The summed E-state index contributed by atoms with van der Waals surface area (Å²) in [6.45, 7) is 0. The fourth-order valence-electron chi connectivity index (χ4n) is 2.13. The van der Waals surface area contributed by atoms with Gasteiger partial charge < -0.3 is 4.74 Å². The molecule has 2 aromatic rings. The van der Waals surface area contributed by atoms with E-state index in [1.807, 2.05) is 30.3 Å². The standard InChI is InChI=1S/C18H21BrO/c19-15-7-2-1-4-8-16-11-13-18(14-12-16)20-17-9-5-3-6-10-17/h3,5-6,9-14H,1-2,4,7-8,15H2. The topological polar surface area (TPSA) is 9.23 Å². The Hall–Kier alpha value is -1.28. The Morgan fingerprint density at radius 1 is 0.700 bits per heavy atom. The van der Waals surface area contributed by atoms with Crippen molar-refractivity contribution in [1.29, 1.82) is 0 Å². The summed E-state index contributed by atoms with van der Waals surface area (Å²) in [5.74, 6) is 1.79. The molecule has 2 heteroatoms. The predicted molar refractivity (Wildman–Crippen MR) is 88.9 cm³/mol. The Labute approximate surface area is 130 Å². The van der Waals surface area contributed by atoms with Crippen molar-refractivity contribution >= 4 is 15.9 Å². The van der Waals surface area contributed by atoms with Crippen LogP contribution in [0, 0.1) is 0 Å². The van der Waals surface area contributed by atoms with Gasteiger partial charge in [-0.3, -0.25) is 0 Å². The maximum Gasteiger partial charge on any atom is 0.127 e. The molecule has 0 aromatic heterocycles. The highest BCUT2D eigenvalue weighted by Gasteiger charge is 1.98. The van der Waals surface area contributed by atoms with Crippen molar-refractivity contribution in [2.24, 2.45) is 0 Å². The molecule has 0 radical (unpaired) electrons. The SMILES string of the molecule is BrCCCCCCc1ccc(Oc2ccccc2)cc1. The van der Waals surface area contributed by atoms with Crippen molar-refractivity contribution in [3.63, 3.8) is 0 Å². The molecule has 0 amide bonds. The van der Waals surface area contributed by atoms with Gasteiger partial charge in [-0.15, -0.1) is 0 Å². The van der Waals surface area contributed by atoms with E-state index < -0.39 is 0 Å². The van der Waals surface area contributed by atoms with E-state index in [9.17, 15) is 0 Å². The Morgan fingerprint density at radius 3 is 2.05 bits per heavy atom. The van der Waals surface area contributed by atoms with Crippen molar-refractivity contribution in [2.45, 2.75) is 32.1 Å². The predicted octanol–water partition coefficient (Wildman–Crippen LogP) is 5.98. The second-order valence-corrected chi connectivity index (χ2v) is 5.71. The van der Waals surface area contributed by atoms with Crippen LogP contribution in [0.25, 0.3) is 0 Å². The maximum absolute atomic E-state index is 5.79. The molecule has 0 spiro atoms. The largest absolute Gasteiger partial charge is 0.457 e. The van der Waals surface area contributed by atoms with E-state index in [-0.39, 0.29) is 0 Å². The van der Waals surface area contributed by atoms with Crippen molar-refractivity contribution in [3.05, 3.63) is 60.2 Å². The number of benzene rings is 2. The van der Waals surface area contributed by atoms with Gasteiger partial charge in [-0.2, -0.15) is 0 Å². The Morgan fingerprint density at radius 2 is 1.35 bits per heavy atom. The summed E-state index contributed by atoms with van der Waals surface area (Å²) in [5, 5.41) is 1.12. The molecule has 0 saturated carbocycles. The van der Waals surface area contributed by atoms with Crippen LogP contribution in [0.15, 0.2) is 54.6 Å². The van der Waals surface area contributed by atoms with Gasteiger partial charge in [-0.25, -0.2) is 0 Å². The Balaban J connectivity index is 1.78. The molecular formula is C18H21BrO. The first kappa shape index (κ1) is 15.1. The number of para-hydroxylation sites is 1. The third-order valence-corrected chi connectivity index (χ3v) is 3.81. The van der Waals surface area contributed by atoms with Crippen LogP contribution in [0.1, 0.15) is 31.2 Å². The zero-order chi connectivity index (χ0) is 14.0. The Kier molecular flexibility index (Phi) is 6.65. The smallest absolute Gasteiger partial charge is 0.127 e. The van der Waals surface area contributed by atoms with Gasteiger partial charge in [0.15, 0.2) is 0 Å². The van der Waals surface area contributed by atoms with Crippen LogP contribution in [0.5, 0.6) is 11.5 Å². The summed E-state index contributed by atoms with van der Waals surface area (Å²) >= 11 is 3.47. The highest BCUT2D eigenvalue weighted by Crippen LogP contribution is 2.21. The molecule has 20 heavy (non-hydrogen) atoms. The first-order valence-corrected chi connectivity index (χ1v) is 8.38. The van der Waals surface area contributed by atoms with Crippen LogP contribution in [0.2, 0.25) is 0 Å². The van der Waals surface area contributed by atoms with Crippen molar-refractivity contribution in [3.8, 4) is 11.5 Å². The first-order valence-electron chi connectivity index (χ1n) is 7.26. The molecule has 0 unspecified atom stereocenters. The molecular weight excluding hydrogens is 312 g/mol. The third-order valence-electron chi connectivity index (χ3n) is 3.25. The summed E-state index contributed by atoms with van der Waals surface area (Å²) in [7, 11) is 0. The lowest BCUT2D eigenvalue weighted by Gasteiger charge is -2.06. The Bertz CT molecular complexity index is 479. The van der Waals surface area contributed by atoms with E-state index in [1.165, 1.54) is 31.2 Å². The third kappa shape index (κ3) is 5.38. The zero-order valence-electron chi connectivity index (χ0n) is 11.7. The molecule has 0 atom stereocenters. The van der Waals surface area contributed by atoms with Gasteiger partial charge >= 0.3 is 0 Å². The number of unbranched alkanes of at least 4 members (excludes halogenated alkanes) is 3. The lowest BCUT2D eigenvalue weighted by Crippen LogP contribution is -1.88. The normalized spacial score (nSPS) is 10.4. The van der Waals surface area contributed by atoms with Crippen LogP contribution in [-0.2, 0) is 6.42 Å². The fraction of sp³-hybridized carbons (Fsp3) is 0.333. The molecule has 0 N–H and O–H groups in total. The number of halogens is 1. The number of ether oxygens (including phenoxy) is 1. The second kappa shape index (κ2) is 8.80. The van der Waals surface area contributed by atoms with Crippen molar-refractivity contribution in [2.75, 3.05) is 5.33 Å². The number of hydrogen-bond donors (Lipinski definition) is 0. The maximum atomic E-state index is 5.79. The van der Waals surface area contributed by atoms with Crippen LogP contribution in [0.3, 0.4) is 0 Å². The number of aryl methyl sites for hydroxylation is 1. The minimum Gasteiger partial charge on any atom is -0.457 e. The van der Waals surface area contributed by atoms with Crippen LogP contribution < -0.4 is 4.74 Å². The van der Waals surface area contributed by atoms with Gasteiger partial charge in [-0.1, -0.05) is 59.1 Å². The van der Waals surface area contributed by atoms with Gasteiger partial charge in [0, 0.05) is 5.33 Å². The minimum atomic E-state index is 0.884. The molecule has 0 saturated heterocycles. The van der Waals surface area contributed by atoms with Crippen LogP contribution in [-0.4, -0.2) is 5.33 Å². The van der Waals surface area contributed by atoms with Crippen LogP contribution >= 0.6 is 15.9 Å². The van der Waals surface area contributed by atoms with E-state index in [0.29, 0.717) is 0 Å². The monoisotopic (exact) mass is 332 g/mol. The average Bonchev–Trinajstić information content (AvgIpc) is 2.50. The summed E-state index contributed by atoms with van der Waals surface area (Å²) in [4.78, 5) is 0. The van der Waals surface area contributed by atoms with E-state index in [1.54, 1.807) is 0 Å². The molecule has 0 aliphatic carbocycles. The van der Waals surface area contributed by atoms with Gasteiger partial charge in [0.05, 0.1) is 0 Å². The highest BCUT2D eigenvalue weighted by molar-refractivity contribution is 9.09. The number of rotatable bonds is 8. The number of hydrogen-bond acceptors (Lipinski definition) is 1. The molecule has 106 valence electrons. The van der Waals surface area contributed by atoms with E-state index in [4.69, 9.17) is 4.74 Å². The summed E-state index contributed by atoms with van der Waals surface area (Å²) in [6.07, 6.45) is 6.35. The van der Waals surface area contributed by atoms with Crippen LogP contribution in [0.4, 0.5) is 0 Å². The van der Waals surface area contributed by atoms with E-state index in [0.717, 1.165) is 23.2 Å². The summed E-state index contributed by atoms with van der Waals surface area (Å²) < 4.78 is 5.79. The highest BCUT2D eigenvalue weighted by atomic mass is 79.9. The molecule has 0 aliphatic heterocycles. The molecule has 0 fully saturated rings. The quantitative estimate of drug-likeness (QED) is 0.427. The van der Waals surface area contributed by atoms with Gasteiger partial charge in [0.25, 0.3) is 0 Å². The summed E-state index contributed by atoms with van der Waals surface area (Å²) in [5.41, 5.74) is 1.39. The fourth-order valence-corrected chi connectivity index (χ4v) is 2.52. The van der Waals surface area contributed by atoms with Gasteiger partial charge in [0.1, 0.15) is 11.5 Å². The van der Waals surface area contributed by atoms with Gasteiger partial charge in [0.2, 0.25) is 0 Å². The molecule has 1 nitrogen and oxygen atoms in total.